The highest BCUT2D eigenvalue weighted by atomic mass is 35.5. The van der Waals surface area contributed by atoms with Crippen LogP contribution in [0.15, 0.2) is 30.6 Å². The van der Waals surface area contributed by atoms with Crippen LogP contribution in [-0.2, 0) is 0 Å². The summed E-state index contributed by atoms with van der Waals surface area (Å²) in [6, 6.07) is 4.64. The maximum atomic E-state index is 13.6. The smallest absolute Gasteiger partial charge is 0.245 e. The van der Waals surface area contributed by atoms with Crippen molar-refractivity contribution in [3.8, 4) is 28.1 Å². The second-order valence-corrected chi connectivity index (χ2v) is 7.57. The van der Waals surface area contributed by atoms with Gasteiger partial charge < -0.3 is 20.4 Å². The molecule has 0 bridgehead atoms. The Bertz CT molecular complexity index is 1010. The average molecular weight is 472 g/mol. The first-order valence-electron chi connectivity index (χ1n) is 9.26. The number of nitrogens with zero attached hydrogens (tertiary/aromatic N) is 5. The predicted molar refractivity (Wildman–Crippen MR) is 119 cm³/mol. The highest BCUT2D eigenvalue weighted by molar-refractivity contribution is 5.85. The van der Waals surface area contributed by atoms with Gasteiger partial charge in [-0.05, 0) is 31.5 Å². The standard InChI is InChI=1S/C19H22FN7O2.2ClH/c1-19(2,29)16-10-27(6-5-21-16)18-22-9-14(24-26-18)12-4-3-11(7-15(12)28)13-8-23-25-17(13)20;;/h3-4,7-9,16,21,28-29H,5-6,10H2,1-2H3,(H,23,25);2*1H. The Morgan fingerprint density at radius 3 is 2.55 bits per heavy atom. The normalized spacial score (nSPS) is 16.4. The fraction of sp³-hybridized carbons (Fsp3) is 0.368. The molecule has 1 atom stereocenters. The number of piperazine rings is 1. The Balaban J connectivity index is 0.00000171. The van der Waals surface area contributed by atoms with Crippen LogP contribution < -0.4 is 10.2 Å². The van der Waals surface area contributed by atoms with Crippen molar-refractivity contribution in [1.29, 1.82) is 0 Å². The molecule has 1 unspecified atom stereocenters. The molecule has 1 aliphatic rings. The molecule has 168 valence electrons. The second kappa shape index (κ2) is 9.73. The van der Waals surface area contributed by atoms with Crippen molar-refractivity contribution in [3.63, 3.8) is 0 Å². The molecule has 9 nitrogen and oxygen atoms in total. The molecule has 0 radical (unpaired) electrons. The van der Waals surface area contributed by atoms with Gasteiger partial charge in [0.25, 0.3) is 0 Å². The van der Waals surface area contributed by atoms with E-state index in [9.17, 15) is 14.6 Å². The first-order valence-corrected chi connectivity index (χ1v) is 9.26. The predicted octanol–water partition coefficient (Wildman–Crippen LogP) is 2.17. The second-order valence-electron chi connectivity index (χ2n) is 7.57. The quantitative estimate of drug-likeness (QED) is 0.456. The lowest BCUT2D eigenvalue weighted by molar-refractivity contribution is 0.0362. The minimum Gasteiger partial charge on any atom is -0.507 e. The molecular formula is C19H24Cl2FN7O2. The van der Waals surface area contributed by atoms with Gasteiger partial charge in [-0.2, -0.15) is 4.39 Å². The Hall–Kier alpha value is -2.53. The first-order chi connectivity index (χ1) is 13.8. The number of phenolic OH excluding ortho intramolecular Hbond substituents is 1. The van der Waals surface area contributed by atoms with E-state index in [2.05, 4.69) is 30.7 Å². The van der Waals surface area contributed by atoms with Crippen molar-refractivity contribution in [1.82, 2.24) is 30.7 Å². The Morgan fingerprint density at radius 2 is 1.97 bits per heavy atom. The summed E-state index contributed by atoms with van der Waals surface area (Å²) in [7, 11) is 0. The molecule has 3 aromatic rings. The molecule has 4 N–H and O–H groups in total. The topological polar surface area (TPSA) is 123 Å². The number of benzene rings is 1. The molecule has 1 fully saturated rings. The molecule has 1 saturated heterocycles. The molecule has 1 aromatic carbocycles. The van der Waals surface area contributed by atoms with Gasteiger partial charge in [0, 0.05) is 31.4 Å². The van der Waals surface area contributed by atoms with Crippen molar-refractivity contribution in [2.24, 2.45) is 0 Å². The van der Waals surface area contributed by atoms with Crippen LogP contribution in [0.2, 0.25) is 0 Å². The molecule has 4 rings (SSSR count). The van der Waals surface area contributed by atoms with E-state index in [0.717, 1.165) is 0 Å². The van der Waals surface area contributed by atoms with E-state index in [1.54, 1.807) is 26.0 Å². The summed E-state index contributed by atoms with van der Waals surface area (Å²) in [6.07, 6.45) is 2.96. The minimum atomic E-state index is -0.867. The lowest BCUT2D eigenvalue weighted by Gasteiger charge is -2.39. The van der Waals surface area contributed by atoms with Gasteiger partial charge in [-0.3, -0.25) is 5.10 Å². The lowest BCUT2D eigenvalue weighted by Crippen LogP contribution is -2.59. The number of phenols is 1. The summed E-state index contributed by atoms with van der Waals surface area (Å²) in [6.45, 7) is 5.48. The van der Waals surface area contributed by atoms with Gasteiger partial charge in [-0.1, -0.05) is 6.07 Å². The SMILES string of the molecule is CC(C)(O)C1CN(c2ncc(-c3ccc(-c4c[nH]nc4F)cc3O)nn2)CCN1.Cl.Cl. The number of hydrogen-bond acceptors (Lipinski definition) is 8. The van der Waals surface area contributed by atoms with E-state index in [0.29, 0.717) is 42.4 Å². The molecule has 0 saturated carbocycles. The lowest BCUT2D eigenvalue weighted by atomic mass is 9.97. The fourth-order valence-electron chi connectivity index (χ4n) is 3.33. The van der Waals surface area contributed by atoms with E-state index >= 15 is 0 Å². The Morgan fingerprint density at radius 1 is 1.19 bits per heavy atom. The molecule has 0 aliphatic carbocycles. The number of H-pyrrole nitrogens is 1. The van der Waals surface area contributed by atoms with Gasteiger partial charge >= 0.3 is 0 Å². The largest absolute Gasteiger partial charge is 0.507 e. The van der Waals surface area contributed by atoms with Gasteiger partial charge in [0.2, 0.25) is 11.9 Å². The minimum absolute atomic E-state index is 0. The zero-order valence-corrected chi connectivity index (χ0v) is 18.5. The molecular weight excluding hydrogens is 448 g/mol. The van der Waals surface area contributed by atoms with Crippen LogP contribution in [0.1, 0.15) is 13.8 Å². The molecule has 0 spiro atoms. The monoisotopic (exact) mass is 471 g/mol. The molecule has 3 heterocycles. The zero-order valence-electron chi connectivity index (χ0n) is 16.9. The summed E-state index contributed by atoms with van der Waals surface area (Å²) >= 11 is 0. The number of aromatic hydroxyl groups is 1. The van der Waals surface area contributed by atoms with E-state index in [-0.39, 0.29) is 42.2 Å². The van der Waals surface area contributed by atoms with Gasteiger partial charge in [0.05, 0.1) is 23.4 Å². The van der Waals surface area contributed by atoms with E-state index in [1.165, 1.54) is 18.5 Å². The van der Waals surface area contributed by atoms with Crippen molar-refractivity contribution < 1.29 is 14.6 Å². The number of hydrogen-bond donors (Lipinski definition) is 4. The average Bonchev–Trinajstić information content (AvgIpc) is 3.13. The van der Waals surface area contributed by atoms with Crippen molar-refractivity contribution in [2.75, 3.05) is 24.5 Å². The zero-order chi connectivity index (χ0) is 20.6. The van der Waals surface area contributed by atoms with Crippen LogP contribution in [0.5, 0.6) is 5.75 Å². The maximum Gasteiger partial charge on any atom is 0.245 e. The summed E-state index contributed by atoms with van der Waals surface area (Å²) in [4.78, 5) is 6.34. The van der Waals surface area contributed by atoms with E-state index < -0.39 is 11.5 Å². The van der Waals surface area contributed by atoms with Crippen LogP contribution in [0.3, 0.4) is 0 Å². The van der Waals surface area contributed by atoms with E-state index in [4.69, 9.17) is 0 Å². The summed E-state index contributed by atoms with van der Waals surface area (Å²) in [5, 5.41) is 38.2. The molecule has 31 heavy (non-hydrogen) atoms. The highest BCUT2D eigenvalue weighted by Crippen LogP contribution is 2.32. The maximum absolute atomic E-state index is 13.6. The molecule has 0 amide bonds. The number of anilines is 1. The van der Waals surface area contributed by atoms with Gasteiger partial charge in [-0.25, -0.2) is 4.98 Å². The summed E-state index contributed by atoms with van der Waals surface area (Å²) < 4.78 is 13.6. The number of aromatic nitrogens is 5. The number of rotatable bonds is 4. The third kappa shape index (κ3) is 5.21. The van der Waals surface area contributed by atoms with Gasteiger partial charge in [0.15, 0.2) is 0 Å². The van der Waals surface area contributed by atoms with Gasteiger partial charge in [0.1, 0.15) is 11.4 Å². The molecule has 1 aliphatic heterocycles. The van der Waals surface area contributed by atoms with Gasteiger partial charge in [-0.15, -0.1) is 40.1 Å². The third-order valence-electron chi connectivity index (χ3n) is 5.04. The van der Waals surface area contributed by atoms with Crippen molar-refractivity contribution in [2.45, 2.75) is 25.5 Å². The van der Waals surface area contributed by atoms with Crippen LogP contribution in [0, 0.1) is 5.95 Å². The van der Waals surface area contributed by atoms with Crippen LogP contribution >= 0.6 is 24.8 Å². The summed E-state index contributed by atoms with van der Waals surface area (Å²) in [5.74, 6) is -0.236. The van der Waals surface area contributed by atoms with E-state index in [1.807, 2.05) is 4.90 Å². The molecule has 2 aromatic heterocycles. The first kappa shape index (κ1) is 24.7. The highest BCUT2D eigenvalue weighted by Gasteiger charge is 2.32. The fourth-order valence-corrected chi connectivity index (χ4v) is 3.33. The van der Waals surface area contributed by atoms with Crippen molar-refractivity contribution in [3.05, 3.63) is 36.5 Å². The number of nitrogens with one attached hydrogen (secondary N) is 2. The molecule has 12 heteroatoms. The van der Waals surface area contributed by atoms with Crippen LogP contribution in [-0.4, -0.2) is 66.9 Å². The third-order valence-corrected chi connectivity index (χ3v) is 5.04. The number of aromatic amines is 1. The van der Waals surface area contributed by atoms with Crippen LogP contribution in [0.25, 0.3) is 22.4 Å². The Kier molecular flexibility index (Phi) is 7.77. The van der Waals surface area contributed by atoms with Crippen LogP contribution in [0.4, 0.5) is 10.3 Å². The van der Waals surface area contributed by atoms with Crippen molar-refractivity contribution >= 4 is 30.8 Å². The number of halogens is 3. The summed E-state index contributed by atoms with van der Waals surface area (Å²) in [5.41, 5.74) is 0.743. The Labute approximate surface area is 190 Å². The number of aliphatic hydroxyl groups is 1.